The van der Waals surface area contributed by atoms with Crippen LogP contribution < -0.4 is 5.56 Å². The molecular formula is C12H18N2O3S. The van der Waals surface area contributed by atoms with Crippen molar-refractivity contribution in [1.29, 1.82) is 0 Å². The molecule has 0 aliphatic rings. The summed E-state index contributed by atoms with van der Waals surface area (Å²) in [7, 11) is 2.99. The molecular weight excluding hydrogens is 252 g/mol. The molecule has 1 rings (SSSR count). The molecule has 0 aliphatic heterocycles. The molecule has 0 fully saturated rings. The first-order valence-electron chi connectivity index (χ1n) is 5.69. The fourth-order valence-electron chi connectivity index (χ4n) is 1.31. The molecule has 0 spiro atoms. The minimum atomic E-state index is -0.393. The third-order valence-electron chi connectivity index (χ3n) is 2.52. The first-order valence-corrected chi connectivity index (χ1v) is 6.57. The van der Waals surface area contributed by atoms with Gasteiger partial charge in [0.25, 0.3) is 5.56 Å². The summed E-state index contributed by atoms with van der Waals surface area (Å²) in [5.41, 5.74) is 0.617. The topological polar surface area (TPSA) is 61.2 Å². The Kier molecular flexibility index (Phi) is 4.95. The number of carbonyl (C=O) groups is 1. The van der Waals surface area contributed by atoms with Gasteiger partial charge in [-0.2, -0.15) is 0 Å². The van der Waals surface area contributed by atoms with E-state index in [1.807, 2.05) is 13.8 Å². The highest BCUT2D eigenvalue weighted by Crippen LogP contribution is 2.22. The SMILES string of the molecule is COC(=O)C(C)Sc1nc(C(C)C)cc(=O)n1C. The van der Waals surface area contributed by atoms with E-state index in [2.05, 4.69) is 9.72 Å². The standard InChI is InChI=1S/C12H18N2O3S/c1-7(2)9-6-10(15)14(4)12(13-9)18-8(3)11(16)17-5/h6-8H,1-5H3. The average molecular weight is 270 g/mol. The van der Waals surface area contributed by atoms with Crippen LogP contribution in [0.2, 0.25) is 0 Å². The Morgan fingerprint density at radius 2 is 2.06 bits per heavy atom. The normalized spacial score (nSPS) is 12.6. The van der Waals surface area contributed by atoms with Gasteiger partial charge < -0.3 is 4.74 Å². The molecule has 0 aliphatic carbocycles. The summed E-state index contributed by atoms with van der Waals surface area (Å²) >= 11 is 1.23. The number of carbonyl (C=O) groups excluding carboxylic acids is 1. The smallest absolute Gasteiger partial charge is 0.318 e. The van der Waals surface area contributed by atoms with Gasteiger partial charge in [-0.15, -0.1) is 0 Å². The van der Waals surface area contributed by atoms with Crippen molar-refractivity contribution in [2.75, 3.05) is 7.11 Å². The van der Waals surface area contributed by atoms with E-state index in [-0.39, 0.29) is 17.4 Å². The van der Waals surface area contributed by atoms with Gasteiger partial charge in [-0.1, -0.05) is 25.6 Å². The molecule has 0 radical (unpaired) electrons. The van der Waals surface area contributed by atoms with Crippen LogP contribution in [-0.4, -0.2) is 27.9 Å². The van der Waals surface area contributed by atoms with Crippen molar-refractivity contribution >= 4 is 17.7 Å². The van der Waals surface area contributed by atoms with Crippen LogP contribution in [0.15, 0.2) is 16.0 Å². The Bertz CT molecular complexity index is 497. The molecule has 0 saturated heterocycles. The van der Waals surface area contributed by atoms with Gasteiger partial charge >= 0.3 is 5.97 Å². The van der Waals surface area contributed by atoms with Crippen molar-refractivity contribution in [3.8, 4) is 0 Å². The van der Waals surface area contributed by atoms with Crippen LogP contribution in [0.5, 0.6) is 0 Å². The molecule has 1 unspecified atom stereocenters. The lowest BCUT2D eigenvalue weighted by molar-refractivity contribution is -0.139. The third-order valence-corrected chi connectivity index (χ3v) is 3.64. The average Bonchev–Trinajstić information content (AvgIpc) is 2.33. The number of rotatable bonds is 4. The highest BCUT2D eigenvalue weighted by Gasteiger charge is 2.18. The van der Waals surface area contributed by atoms with Crippen molar-refractivity contribution in [2.24, 2.45) is 7.05 Å². The second kappa shape index (κ2) is 6.04. The maximum atomic E-state index is 11.8. The highest BCUT2D eigenvalue weighted by molar-refractivity contribution is 8.00. The van der Waals surface area contributed by atoms with Gasteiger partial charge in [0.05, 0.1) is 12.8 Å². The number of methoxy groups -OCH3 is 1. The first-order chi connectivity index (χ1) is 8.36. The number of hydrogen-bond acceptors (Lipinski definition) is 5. The quantitative estimate of drug-likeness (QED) is 0.472. The second-order valence-electron chi connectivity index (χ2n) is 4.30. The minimum Gasteiger partial charge on any atom is -0.468 e. The molecule has 6 heteroatoms. The van der Waals surface area contributed by atoms with E-state index in [0.29, 0.717) is 5.16 Å². The van der Waals surface area contributed by atoms with E-state index >= 15 is 0 Å². The summed E-state index contributed by atoms with van der Waals surface area (Å²) in [5, 5.41) is 0.139. The monoisotopic (exact) mass is 270 g/mol. The third kappa shape index (κ3) is 3.35. The van der Waals surface area contributed by atoms with Crippen LogP contribution in [0.25, 0.3) is 0 Å². The lowest BCUT2D eigenvalue weighted by Crippen LogP contribution is -2.23. The first kappa shape index (κ1) is 14.8. The molecule has 1 atom stereocenters. The zero-order valence-electron chi connectivity index (χ0n) is 11.3. The van der Waals surface area contributed by atoms with E-state index in [4.69, 9.17) is 0 Å². The molecule has 5 nitrogen and oxygen atoms in total. The van der Waals surface area contributed by atoms with Crippen molar-refractivity contribution in [2.45, 2.75) is 37.1 Å². The Labute approximate surface area is 111 Å². The molecule has 1 aromatic rings. The predicted octanol–water partition coefficient (Wildman–Crippen LogP) is 1.56. The van der Waals surface area contributed by atoms with Crippen LogP contribution in [-0.2, 0) is 16.6 Å². The molecule has 0 saturated carbocycles. The van der Waals surface area contributed by atoms with E-state index in [1.54, 1.807) is 14.0 Å². The maximum Gasteiger partial charge on any atom is 0.318 e. The summed E-state index contributed by atoms with van der Waals surface area (Å²) in [4.78, 5) is 27.6. The molecule has 1 aromatic heterocycles. The Morgan fingerprint density at radius 1 is 1.44 bits per heavy atom. The molecule has 100 valence electrons. The van der Waals surface area contributed by atoms with Crippen molar-refractivity contribution in [3.63, 3.8) is 0 Å². The van der Waals surface area contributed by atoms with Gasteiger partial charge in [0.15, 0.2) is 5.16 Å². The number of thioether (sulfide) groups is 1. The molecule has 0 amide bonds. The van der Waals surface area contributed by atoms with E-state index in [9.17, 15) is 9.59 Å². The van der Waals surface area contributed by atoms with Crippen LogP contribution >= 0.6 is 11.8 Å². The highest BCUT2D eigenvalue weighted by atomic mass is 32.2. The number of nitrogens with zero attached hydrogens (tertiary/aromatic N) is 2. The number of aromatic nitrogens is 2. The lowest BCUT2D eigenvalue weighted by Gasteiger charge is -2.13. The summed E-state index contributed by atoms with van der Waals surface area (Å²) in [5.74, 6) is -0.157. The zero-order chi connectivity index (χ0) is 13.9. The Hall–Kier alpha value is -1.30. The number of ether oxygens (including phenoxy) is 1. The Morgan fingerprint density at radius 3 is 2.56 bits per heavy atom. The summed E-state index contributed by atoms with van der Waals surface area (Å²) < 4.78 is 6.10. The maximum absolute atomic E-state index is 11.8. The van der Waals surface area contributed by atoms with Gasteiger partial charge in [-0.3, -0.25) is 14.2 Å². The molecule has 0 aromatic carbocycles. The molecule has 0 bridgehead atoms. The minimum absolute atomic E-state index is 0.117. The van der Waals surface area contributed by atoms with Gasteiger partial charge in [0.1, 0.15) is 5.25 Å². The second-order valence-corrected chi connectivity index (χ2v) is 5.61. The van der Waals surface area contributed by atoms with Gasteiger partial charge in [0, 0.05) is 13.1 Å². The van der Waals surface area contributed by atoms with Crippen LogP contribution in [0.3, 0.4) is 0 Å². The van der Waals surface area contributed by atoms with E-state index < -0.39 is 5.25 Å². The fourth-order valence-corrected chi connectivity index (χ4v) is 2.22. The van der Waals surface area contributed by atoms with Crippen LogP contribution in [0, 0.1) is 0 Å². The summed E-state index contributed by atoms with van der Waals surface area (Å²) in [6.45, 7) is 5.67. The van der Waals surface area contributed by atoms with Gasteiger partial charge in [-0.05, 0) is 12.8 Å². The predicted molar refractivity (Wildman–Crippen MR) is 70.9 cm³/mol. The largest absolute Gasteiger partial charge is 0.468 e. The fraction of sp³-hybridized carbons (Fsp3) is 0.583. The van der Waals surface area contributed by atoms with Crippen molar-refractivity contribution in [3.05, 3.63) is 22.1 Å². The summed E-state index contributed by atoms with van der Waals surface area (Å²) in [6.07, 6.45) is 0. The summed E-state index contributed by atoms with van der Waals surface area (Å²) in [6, 6.07) is 1.53. The van der Waals surface area contributed by atoms with Crippen molar-refractivity contribution < 1.29 is 9.53 Å². The molecule has 1 heterocycles. The van der Waals surface area contributed by atoms with Gasteiger partial charge in [0.2, 0.25) is 0 Å². The van der Waals surface area contributed by atoms with Gasteiger partial charge in [-0.25, -0.2) is 4.98 Å². The number of hydrogen-bond donors (Lipinski definition) is 0. The van der Waals surface area contributed by atoms with Crippen molar-refractivity contribution in [1.82, 2.24) is 9.55 Å². The Balaban J connectivity index is 3.08. The zero-order valence-corrected chi connectivity index (χ0v) is 12.1. The van der Waals surface area contributed by atoms with E-state index in [1.165, 1.54) is 29.5 Å². The lowest BCUT2D eigenvalue weighted by atomic mass is 10.1. The van der Waals surface area contributed by atoms with E-state index in [0.717, 1.165) is 5.69 Å². The molecule has 18 heavy (non-hydrogen) atoms. The van der Waals surface area contributed by atoms with Crippen LogP contribution in [0.4, 0.5) is 0 Å². The van der Waals surface area contributed by atoms with Crippen LogP contribution in [0.1, 0.15) is 32.4 Å². The molecule has 0 N–H and O–H groups in total. The number of esters is 1.